The first kappa shape index (κ1) is 27.5. The van der Waals surface area contributed by atoms with Crippen molar-refractivity contribution >= 4 is 31.6 Å². The fourth-order valence-corrected chi connectivity index (χ4v) is 5.09. The highest BCUT2D eigenvalue weighted by atomic mass is 32.2. The summed E-state index contributed by atoms with van der Waals surface area (Å²) in [6.45, 7) is 4.28. The van der Waals surface area contributed by atoms with Gasteiger partial charge in [0.15, 0.2) is 0 Å². The van der Waals surface area contributed by atoms with Gasteiger partial charge in [0.1, 0.15) is 6.73 Å². The van der Waals surface area contributed by atoms with Crippen molar-refractivity contribution in [1.29, 1.82) is 0 Å². The average Bonchev–Trinajstić information content (AvgIpc) is 3.19. The SMILES string of the molecule is C#CC#CC#CC#CC(CCCCCCCC)COCNS(=O)(=O)c1ccc2nc(C)sc2c1. The Morgan fingerprint density at radius 2 is 1.82 bits per heavy atom. The lowest BCUT2D eigenvalue weighted by Gasteiger charge is -2.12. The Balaban J connectivity index is 1.89. The molecule has 0 aliphatic carbocycles. The minimum Gasteiger partial charge on any atom is -0.364 e. The Bertz CT molecular complexity index is 1270. The van der Waals surface area contributed by atoms with Crippen LogP contribution in [0.5, 0.6) is 0 Å². The van der Waals surface area contributed by atoms with E-state index >= 15 is 0 Å². The highest BCUT2D eigenvalue weighted by Crippen LogP contribution is 2.24. The number of benzene rings is 1. The van der Waals surface area contributed by atoms with Crippen LogP contribution in [0.25, 0.3) is 10.2 Å². The summed E-state index contributed by atoms with van der Waals surface area (Å²) in [4.78, 5) is 4.56. The summed E-state index contributed by atoms with van der Waals surface area (Å²) in [6, 6.07) is 4.91. The second kappa shape index (κ2) is 15.2. The van der Waals surface area contributed by atoms with Crippen LogP contribution >= 0.6 is 11.3 Å². The average molecular weight is 495 g/mol. The molecule has 1 N–H and O–H groups in total. The van der Waals surface area contributed by atoms with Crippen LogP contribution in [0.4, 0.5) is 0 Å². The molecule has 0 saturated carbocycles. The first-order valence-corrected chi connectivity index (χ1v) is 13.7. The molecule has 0 amide bonds. The molecule has 1 atom stereocenters. The molecular formula is C27H30N2O3S2. The first-order valence-electron chi connectivity index (χ1n) is 11.4. The maximum Gasteiger partial charge on any atom is 0.242 e. The fraction of sp³-hybridized carbons (Fsp3) is 0.444. The van der Waals surface area contributed by atoms with E-state index in [1.807, 2.05) is 6.92 Å². The van der Waals surface area contributed by atoms with Gasteiger partial charge in [-0.15, -0.1) is 17.8 Å². The van der Waals surface area contributed by atoms with Gasteiger partial charge in [-0.25, -0.2) is 13.4 Å². The van der Waals surface area contributed by atoms with Gasteiger partial charge in [-0.2, -0.15) is 4.72 Å². The van der Waals surface area contributed by atoms with Crippen molar-refractivity contribution in [2.24, 2.45) is 5.92 Å². The summed E-state index contributed by atoms with van der Waals surface area (Å²) >= 11 is 1.46. The summed E-state index contributed by atoms with van der Waals surface area (Å²) in [6.07, 6.45) is 13.0. The highest BCUT2D eigenvalue weighted by Gasteiger charge is 2.15. The number of aryl methyl sites for hydroxylation is 1. The molecular weight excluding hydrogens is 464 g/mol. The number of hydrogen-bond acceptors (Lipinski definition) is 5. The summed E-state index contributed by atoms with van der Waals surface area (Å²) < 4.78 is 34.3. The molecule has 5 nitrogen and oxygen atoms in total. The van der Waals surface area contributed by atoms with Gasteiger partial charge in [0, 0.05) is 5.92 Å². The standard InChI is InChI=1S/C27H30N2O3S2/c1-4-6-8-10-12-14-16-24(17-15-13-11-9-7-5-2)21-32-22-28-34(30,31)25-18-19-26-27(20-25)33-23(3)29-26/h1,18-20,24,28H,5,7,9,11,13,15,17,21-22H2,2-3H3. The van der Waals surface area contributed by atoms with Gasteiger partial charge in [-0.1, -0.05) is 51.4 Å². The normalized spacial score (nSPS) is 11.3. The fourth-order valence-electron chi connectivity index (χ4n) is 3.23. The van der Waals surface area contributed by atoms with Crippen LogP contribution in [0.15, 0.2) is 23.1 Å². The van der Waals surface area contributed by atoms with Crippen molar-refractivity contribution in [2.75, 3.05) is 13.3 Å². The number of rotatable bonds is 13. The number of terminal acetylenes is 1. The maximum absolute atomic E-state index is 12.6. The number of nitrogens with one attached hydrogen (secondary N) is 1. The van der Waals surface area contributed by atoms with E-state index in [4.69, 9.17) is 11.2 Å². The van der Waals surface area contributed by atoms with Crippen LogP contribution in [0.3, 0.4) is 0 Å². The summed E-state index contributed by atoms with van der Waals surface area (Å²) in [5.41, 5.74) is 0.794. The van der Waals surface area contributed by atoms with Crippen LogP contribution in [0.1, 0.15) is 56.9 Å². The first-order chi connectivity index (χ1) is 16.5. The lowest BCUT2D eigenvalue weighted by molar-refractivity contribution is 0.109. The number of fused-ring (bicyclic) bond motifs is 1. The number of sulfonamides is 1. The molecule has 2 rings (SSSR count). The Labute approximate surface area is 208 Å². The largest absolute Gasteiger partial charge is 0.364 e. The van der Waals surface area contributed by atoms with Gasteiger partial charge in [0.2, 0.25) is 10.0 Å². The Morgan fingerprint density at radius 1 is 1.09 bits per heavy atom. The second-order valence-electron chi connectivity index (χ2n) is 7.69. The van der Waals surface area contributed by atoms with E-state index in [0.29, 0.717) is 6.61 Å². The van der Waals surface area contributed by atoms with Crippen molar-refractivity contribution in [3.8, 4) is 47.9 Å². The van der Waals surface area contributed by atoms with Gasteiger partial charge in [0.25, 0.3) is 0 Å². The molecule has 1 aromatic carbocycles. The van der Waals surface area contributed by atoms with Gasteiger partial charge in [-0.3, -0.25) is 0 Å². The van der Waals surface area contributed by atoms with E-state index in [9.17, 15) is 8.42 Å². The van der Waals surface area contributed by atoms with Gasteiger partial charge >= 0.3 is 0 Å². The lowest BCUT2D eigenvalue weighted by Crippen LogP contribution is -2.27. The van der Waals surface area contributed by atoms with Crippen molar-refractivity contribution in [3.63, 3.8) is 0 Å². The Hall–Kier alpha value is -2.78. The van der Waals surface area contributed by atoms with E-state index in [0.717, 1.165) is 34.5 Å². The molecule has 1 heterocycles. The smallest absolute Gasteiger partial charge is 0.242 e. The predicted octanol–water partition coefficient (Wildman–Crippen LogP) is 4.87. The number of nitrogens with zero attached hydrogens (tertiary/aromatic N) is 1. The highest BCUT2D eigenvalue weighted by molar-refractivity contribution is 7.89. The zero-order chi connectivity index (χ0) is 24.7. The molecule has 178 valence electrons. The molecule has 1 unspecified atom stereocenters. The molecule has 0 spiro atoms. The van der Waals surface area contributed by atoms with E-state index in [2.05, 4.69) is 58.1 Å². The molecule has 2 aromatic rings. The summed E-state index contributed by atoms with van der Waals surface area (Å²) in [7, 11) is -3.69. The van der Waals surface area contributed by atoms with Crippen LogP contribution in [0.2, 0.25) is 0 Å². The van der Waals surface area contributed by atoms with Crippen LogP contribution in [0, 0.1) is 60.7 Å². The van der Waals surface area contributed by atoms with Crippen LogP contribution in [-0.2, 0) is 14.8 Å². The molecule has 0 aliphatic heterocycles. The van der Waals surface area contributed by atoms with Crippen molar-refractivity contribution in [1.82, 2.24) is 9.71 Å². The van der Waals surface area contributed by atoms with Crippen LogP contribution in [-0.4, -0.2) is 26.7 Å². The van der Waals surface area contributed by atoms with E-state index < -0.39 is 10.0 Å². The molecule has 1 aromatic heterocycles. The number of thiazole rings is 1. The van der Waals surface area contributed by atoms with Crippen LogP contribution < -0.4 is 4.72 Å². The summed E-state index contributed by atoms with van der Waals surface area (Å²) in [5.74, 6) is 18.2. The zero-order valence-electron chi connectivity index (χ0n) is 19.7. The number of unbranched alkanes of at least 4 members (excludes halogenated alkanes) is 5. The number of ether oxygens (including phenoxy) is 1. The van der Waals surface area contributed by atoms with E-state index in [1.165, 1.54) is 37.0 Å². The molecule has 34 heavy (non-hydrogen) atoms. The van der Waals surface area contributed by atoms with Gasteiger partial charge in [-0.05, 0) is 67.1 Å². The third-order valence-electron chi connectivity index (χ3n) is 4.95. The van der Waals surface area contributed by atoms with E-state index in [1.54, 1.807) is 18.2 Å². The zero-order valence-corrected chi connectivity index (χ0v) is 21.4. The number of hydrogen-bond donors (Lipinski definition) is 1. The molecule has 0 fully saturated rings. The van der Waals surface area contributed by atoms with Crippen molar-refractivity contribution in [2.45, 2.75) is 63.7 Å². The van der Waals surface area contributed by atoms with Crippen molar-refractivity contribution in [3.05, 3.63) is 23.2 Å². The molecule has 0 saturated heterocycles. The van der Waals surface area contributed by atoms with Gasteiger partial charge < -0.3 is 4.74 Å². The maximum atomic E-state index is 12.6. The van der Waals surface area contributed by atoms with Crippen molar-refractivity contribution < 1.29 is 13.2 Å². The Kier molecular flexibility index (Phi) is 12.3. The molecule has 0 bridgehead atoms. The Morgan fingerprint density at radius 3 is 2.62 bits per heavy atom. The molecule has 0 radical (unpaired) electrons. The second-order valence-corrected chi connectivity index (χ2v) is 10.7. The number of aromatic nitrogens is 1. The monoisotopic (exact) mass is 494 g/mol. The quantitative estimate of drug-likeness (QED) is 0.245. The minimum absolute atomic E-state index is 0.0397. The topological polar surface area (TPSA) is 68.3 Å². The predicted molar refractivity (Wildman–Crippen MR) is 139 cm³/mol. The third-order valence-corrected chi connectivity index (χ3v) is 7.26. The molecule has 0 aliphatic rings. The minimum atomic E-state index is -3.69. The van der Waals surface area contributed by atoms with E-state index in [-0.39, 0.29) is 17.5 Å². The molecule has 7 heteroatoms. The lowest BCUT2D eigenvalue weighted by atomic mass is 10.0. The van der Waals surface area contributed by atoms with Gasteiger partial charge in [0.05, 0.1) is 26.7 Å². The third kappa shape index (κ3) is 10.0. The summed E-state index contributed by atoms with van der Waals surface area (Å²) in [5, 5.41) is 0.895.